The number of Topliss-reactive ketones (excluding diaryl/α,β-unsaturated/α-hetero) is 1. The number of nitrogens with zero attached hydrogens (tertiary/aromatic N) is 3. The van der Waals surface area contributed by atoms with Crippen molar-refractivity contribution in [2.24, 2.45) is 0 Å². The van der Waals surface area contributed by atoms with E-state index in [1.165, 1.54) is 17.3 Å². The normalized spacial score (nSPS) is 17.3. The zero-order valence-corrected chi connectivity index (χ0v) is 15.0. The van der Waals surface area contributed by atoms with E-state index in [2.05, 4.69) is 10.1 Å². The molecule has 0 amide bonds. The van der Waals surface area contributed by atoms with E-state index < -0.39 is 0 Å². The molecule has 0 bridgehead atoms. The largest absolute Gasteiger partial charge is 2.00 e. The van der Waals surface area contributed by atoms with Gasteiger partial charge in [0.1, 0.15) is 18.4 Å². The van der Waals surface area contributed by atoms with Crippen LogP contribution in [0.3, 0.4) is 0 Å². The Hall–Kier alpha value is -1.71. The van der Waals surface area contributed by atoms with Gasteiger partial charge in [0.05, 0.1) is 0 Å². The van der Waals surface area contributed by atoms with Gasteiger partial charge in [-0.15, -0.1) is 0 Å². The molecule has 4 nitrogen and oxygen atoms in total. The minimum absolute atomic E-state index is 0. The molecule has 2 saturated carbocycles. The monoisotopic (exact) mass is 383 g/mol. The van der Waals surface area contributed by atoms with Crippen molar-refractivity contribution in [3.63, 3.8) is 0 Å². The van der Waals surface area contributed by atoms with Crippen LogP contribution in [0.25, 0.3) is 5.70 Å². The maximum absolute atomic E-state index is 12.6. The van der Waals surface area contributed by atoms with E-state index in [1.807, 2.05) is 82.1 Å². The molecule has 0 aliphatic heterocycles. The van der Waals surface area contributed by atoms with Crippen LogP contribution in [0.5, 0.6) is 0 Å². The van der Waals surface area contributed by atoms with Gasteiger partial charge < -0.3 is 0 Å². The van der Waals surface area contributed by atoms with Crippen molar-refractivity contribution >= 4 is 11.5 Å². The Morgan fingerprint density at radius 1 is 0.885 bits per heavy atom. The summed E-state index contributed by atoms with van der Waals surface area (Å²) in [4.78, 5) is 16.5. The van der Waals surface area contributed by atoms with Gasteiger partial charge in [0.2, 0.25) is 5.78 Å². The molecule has 128 valence electrons. The van der Waals surface area contributed by atoms with E-state index in [-0.39, 0.29) is 22.9 Å². The van der Waals surface area contributed by atoms with Gasteiger partial charge in [-0.1, -0.05) is 30.3 Å². The van der Waals surface area contributed by atoms with Crippen LogP contribution in [0.1, 0.15) is 10.4 Å². The predicted molar refractivity (Wildman–Crippen MR) is 97.0 cm³/mol. The molecule has 2 aromatic rings. The first-order valence-corrected chi connectivity index (χ1v) is 7.89. The molecule has 4 rings (SSSR count). The molecule has 1 heterocycles. The number of hydrogen-bond donors (Lipinski definition) is 0. The SMILES string of the molecule is O=C(/C(=C/[C]1[CH][CH][CH][CH]1)n1cncn1)c1ccccc1.[CH]1[CH][CH][CH][CH]1.[Fe+2]. The third kappa shape index (κ3) is 5.93. The van der Waals surface area contributed by atoms with Crippen LogP contribution in [0.15, 0.2) is 49.1 Å². The van der Waals surface area contributed by atoms with E-state index in [9.17, 15) is 4.79 Å². The molecule has 2 aliphatic rings. The second-order valence-corrected chi connectivity index (χ2v) is 5.25. The van der Waals surface area contributed by atoms with Crippen LogP contribution in [0.4, 0.5) is 0 Å². The van der Waals surface area contributed by atoms with Gasteiger partial charge in [0.15, 0.2) is 0 Å². The number of hydrogen-bond acceptors (Lipinski definition) is 3. The summed E-state index contributed by atoms with van der Waals surface area (Å²) in [5, 5.41) is 4.06. The summed E-state index contributed by atoms with van der Waals surface area (Å²) in [7, 11) is 0. The Bertz CT molecular complexity index is 665. The fourth-order valence-corrected chi connectivity index (χ4v) is 2.27. The van der Waals surface area contributed by atoms with Crippen molar-refractivity contribution in [3.8, 4) is 0 Å². The van der Waals surface area contributed by atoms with E-state index in [0.717, 1.165) is 5.92 Å². The summed E-state index contributed by atoms with van der Waals surface area (Å²) in [6, 6.07) is 9.15. The van der Waals surface area contributed by atoms with Crippen molar-refractivity contribution in [1.29, 1.82) is 0 Å². The van der Waals surface area contributed by atoms with E-state index in [4.69, 9.17) is 0 Å². The van der Waals surface area contributed by atoms with E-state index in [1.54, 1.807) is 12.1 Å². The molecule has 0 N–H and O–H groups in total. The zero-order chi connectivity index (χ0) is 17.3. The van der Waals surface area contributed by atoms with Crippen LogP contribution in [-0.4, -0.2) is 20.5 Å². The Morgan fingerprint density at radius 2 is 1.50 bits per heavy atom. The molecule has 0 spiro atoms. The van der Waals surface area contributed by atoms with Crippen LogP contribution >= 0.6 is 0 Å². The summed E-state index contributed by atoms with van der Waals surface area (Å²) in [6.45, 7) is 0. The van der Waals surface area contributed by atoms with Crippen molar-refractivity contribution in [1.82, 2.24) is 14.8 Å². The number of benzene rings is 1. The molecule has 1 aromatic heterocycles. The summed E-state index contributed by atoms with van der Waals surface area (Å²) in [5.74, 6) is 0.872. The standard InChI is InChI=1S/C16H12N3O.C5H5.Fe/c20-16(14-8-2-1-3-9-14)15(19-12-17-11-18-19)10-13-6-4-5-7-13;1-2-4-5-3-1;/h1-12H;1-5H;/q;;+2/b15-10-;;. The first-order valence-electron chi connectivity index (χ1n) is 7.89. The van der Waals surface area contributed by atoms with Crippen LogP contribution in [-0.2, 0) is 17.1 Å². The minimum atomic E-state index is -0.0858. The summed E-state index contributed by atoms with van der Waals surface area (Å²) >= 11 is 0. The zero-order valence-electron chi connectivity index (χ0n) is 13.9. The first kappa shape index (κ1) is 20.6. The number of rotatable bonds is 4. The summed E-state index contributed by atoms with van der Waals surface area (Å²) in [5.41, 5.74) is 1.10. The Morgan fingerprint density at radius 3 is 2.04 bits per heavy atom. The van der Waals surface area contributed by atoms with Gasteiger partial charge in [0.25, 0.3) is 0 Å². The molecule has 0 unspecified atom stereocenters. The van der Waals surface area contributed by atoms with E-state index in [0.29, 0.717) is 11.3 Å². The molecule has 0 atom stereocenters. The van der Waals surface area contributed by atoms with Gasteiger partial charge in [-0.05, 0) is 63.9 Å². The van der Waals surface area contributed by atoms with Crippen LogP contribution < -0.4 is 0 Å². The molecular formula is C21H17FeN3O+2. The topological polar surface area (TPSA) is 47.8 Å². The molecule has 5 heteroatoms. The van der Waals surface area contributed by atoms with Gasteiger partial charge >= 0.3 is 17.1 Å². The molecule has 26 heavy (non-hydrogen) atoms. The minimum Gasteiger partial charge on any atom is -0.287 e. The smallest absolute Gasteiger partial charge is 0.287 e. The molecule has 10 radical (unpaired) electrons. The number of carbonyl (C=O) groups is 1. The van der Waals surface area contributed by atoms with Gasteiger partial charge in [0, 0.05) is 11.5 Å². The number of carbonyl (C=O) groups excluding carboxylic acids is 1. The van der Waals surface area contributed by atoms with Gasteiger partial charge in [-0.2, -0.15) is 5.10 Å². The van der Waals surface area contributed by atoms with Crippen molar-refractivity contribution in [3.05, 3.63) is 118 Å². The predicted octanol–water partition coefficient (Wildman–Crippen LogP) is 3.43. The molecular weight excluding hydrogens is 366 g/mol. The average Bonchev–Trinajstić information content (AvgIpc) is 3.45. The van der Waals surface area contributed by atoms with E-state index >= 15 is 0 Å². The third-order valence-corrected chi connectivity index (χ3v) is 3.48. The first-order chi connectivity index (χ1) is 12.3. The van der Waals surface area contributed by atoms with Gasteiger partial charge in [-0.25, -0.2) is 9.67 Å². The number of ketones is 1. The maximum Gasteiger partial charge on any atom is 2.00 e. The Balaban J connectivity index is 0.000000351. The summed E-state index contributed by atoms with van der Waals surface area (Å²) in [6.07, 6.45) is 22.5. The fraction of sp³-hybridized carbons (Fsp3) is 0. The molecule has 2 fully saturated rings. The van der Waals surface area contributed by atoms with Crippen LogP contribution in [0.2, 0.25) is 0 Å². The second kappa shape index (κ2) is 11.1. The second-order valence-electron chi connectivity index (χ2n) is 5.25. The van der Waals surface area contributed by atoms with Crippen LogP contribution in [0, 0.1) is 63.7 Å². The molecule has 0 saturated heterocycles. The Kier molecular flexibility index (Phi) is 8.79. The third-order valence-electron chi connectivity index (χ3n) is 3.48. The van der Waals surface area contributed by atoms with Crippen molar-refractivity contribution in [2.75, 3.05) is 0 Å². The fourth-order valence-electron chi connectivity index (χ4n) is 2.27. The maximum atomic E-state index is 12.6. The number of allylic oxidation sites excluding steroid dienone is 2. The van der Waals surface area contributed by atoms with Gasteiger partial charge in [-0.3, -0.25) is 4.79 Å². The van der Waals surface area contributed by atoms with Crippen molar-refractivity contribution in [2.45, 2.75) is 0 Å². The van der Waals surface area contributed by atoms with Crippen molar-refractivity contribution < 1.29 is 21.9 Å². The summed E-state index contributed by atoms with van der Waals surface area (Å²) < 4.78 is 1.49. The molecule has 1 aromatic carbocycles. The average molecular weight is 383 g/mol. The Labute approximate surface area is 166 Å². The molecule has 2 aliphatic carbocycles. The quantitative estimate of drug-likeness (QED) is 0.462. The number of aromatic nitrogens is 3.